The molecule has 3 heteroatoms. The number of fused-ring (bicyclic) bond motifs is 4. The first-order valence-corrected chi connectivity index (χ1v) is 11.7. The van der Waals surface area contributed by atoms with Crippen LogP contribution in [0, 0.1) is 0 Å². The van der Waals surface area contributed by atoms with E-state index in [-0.39, 0.29) is 0 Å². The minimum absolute atomic E-state index is 0.778. The van der Waals surface area contributed by atoms with Gasteiger partial charge in [-0.1, -0.05) is 72.8 Å². The van der Waals surface area contributed by atoms with E-state index < -0.39 is 0 Å². The molecule has 3 nitrogen and oxygen atoms in total. The molecule has 5 aromatic carbocycles. The van der Waals surface area contributed by atoms with Crippen LogP contribution in [0.3, 0.4) is 0 Å². The second-order valence-corrected chi connectivity index (χ2v) is 8.71. The molecule has 0 unspecified atom stereocenters. The van der Waals surface area contributed by atoms with Gasteiger partial charge in [0.25, 0.3) is 0 Å². The molecule has 1 aliphatic rings. The molecule has 162 valence electrons. The van der Waals surface area contributed by atoms with Gasteiger partial charge in [0.15, 0.2) is 0 Å². The summed E-state index contributed by atoms with van der Waals surface area (Å²) in [5, 5.41) is 2.55. The van der Waals surface area contributed by atoms with E-state index in [9.17, 15) is 0 Å². The van der Waals surface area contributed by atoms with Gasteiger partial charge in [-0.2, -0.15) is 0 Å². The quantitative estimate of drug-likeness (QED) is 0.278. The molecule has 1 aliphatic heterocycles. The second-order valence-electron chi connectivity index (χ2n) is 8.71. The van der Waals surface area contributed by atoms with Crippen molar-refractivity contribution in [3.05, 3.63) is 127 Å². The molecule has 0 radical (unpaired) electrons. The van der Waals surface area contributed by atoms with E-state index in [0.717, 1.165) is 6.67 Å². The first-order valence-electron chi connectivity index (χ1n) is 11.7. The first kappa shape index (κ1) is 19.0. The highest BCUT2D eigenvalue weighted by Gasteiger charge is 2.28. The van der Waals surface area contributed by atoms with Crippen molar-refractivity contribution in [2.75, 3.05) is 16.5 Å². The van der Waals surface area contributed by atoms with Crippen LogP contribution in [0.4, 0.5) is 22.7 Å². The van der Waals surface area contributed by atoms with Crippen LogP contribution in [0.5, 0.6) is 0 Å². The van der Waals surface area contributed by atoms with E-state index in [1.165, 1.54) is 50.2 Å². The monoisotopic (exact) mass is 437 g/mol. The van der Waals surface area contributed by atoms with Gasteiger partial charge >= 0.3 is 0 Å². The smallest absolute Gasteiger partial charge is 0.100 e. The van der Waals surface area contributed by atoms with Gasteiger partial charge in [-0.05, 0) is 54.6 Å². The van der Waals surface area contributed by atoms with E-state index in [0.29, 0.717) is 0 Å². The van der Waals surface area contributed by atoms with Gasteiger partial charge in [0, 0.05) is 27.8 Å². The summed E-state index contributed by atoms with van der Waals surface area (Å²) < 4.78 is 2.38. The molecule has 34 heavy (non-hydrogen) atoms. The highest BCUT2D eigenvalue weighted by molar-refractivity contribution is 6.10. The Morgan fingerprint density at radius 1 is 0.412 bits per heavy atom. The molecule has 0 spiro atoms. The summed E-state index contributed by atoms with van der Waals surface area (Å²) in [6.07, 6.45) is 0. The molecule has 0 saturated carbocycles. The zero-order valence-electron chi connectivity index (χ0n) is 18.7. The number of benzene rings is 5. The summed E-state index contributed by atoms with van der Waals surface area (Å²) in [5.74, 6) is 0. The number of hydrogen-bond acceptors (Lipinski definition) is 2. The fourth-order valence-corrected chi connectivity index (χ4v) is 5.25. The minimum atomic E-state index is 0.778. The Labute approximate surface area is 198 Å². The molecule has 0 amide bonds. The van der Waals surface area contributed by atoms with Crippen LogP contribution in [0.2, 0.25) is 0 Å². The van der Waals surface area contributed by atoms with Crippen molar-refractivity contribution in [1.82, 2.24) is 4.57 Å². The zero-order chi connectivity index (χ0) is 22.5. The van der Waals surface area contributed by atoms with E-state index in [4.69, 9.17) is 0 Å². The SMILES string of the molecule is c1ccc(N2CN(c3ccc4c5ccccc5n(-c5ccccc5)c4c3)c3ccccc32)cc1. The summed E-state index contributed by atoms with van der Waals surface area (Å²) >= 11 is 0. The molecular formula is C31H23N3. The van der Waals surface area contributed by atoms with Crippen LogP contribution < -0.4 is 9.80 Å². The average Bonchev–Trinajstić information content (AvgIpc) is 3.46. The predicted octanol–water partition coefficient (Wildman–Crippen LogP) is 8.03. The molecule has 0 fully saturated rings. The van der Waals surface area contributed by atoms with Crippen LogP contribution in [0.25, 0.3) is 27.5 Å². The molecule has 0 N–H and O–H groups in total. The normalized spacial score (nSPS) is 13.1. The number of aromatic nitrogens is 1. The number of hydrogen-bond donors (Lipinski definition) is 0. The van der Waals surface area contributed by atoms with Crippen molar-refractivity contribution in [2.24, 2.45) is 0 Å². The zero-order valence-corrected chi connectivity index (χ0v) is 18.7. The second kappa shape index (κ2) is 7.53. The largest absolute Gasteiger partial charge is 0.321 e. The summed E-state index contributed by atoms with van der Waals surface area (Å²) in [4.78, 5) is 4.79. The summed E-state index contributed by atoms with van der Waals surface area (Å²) in [7, 11) is 0. The number of anilines is 4. The fraction of sp³-hybridized carbons (Fsp3) is 0.0323. The third-order valence-electron chi connectivity index (χ3n) is 6.80. The van der Waals surface area contributed by atoms with Crippen molar-refractivity contribution in [3.63, 3.8) is 0 Å². The Bertz CT molecular complexity index is 1630. The molecule has 6 aromatic rings. The molecule has 0 saturated heterocycles. The average molecular weight is 438 g/mol. The lowest BCUT2D eigenvalue weighted by molar-refractivity contribution is 0.991. The van der Waals surface area contributed by atoms with E-state index in [1.54, 1.807) is 0 Å². The molecule has 0 atom stereocenters. The topological polar surface area (TPSA) is 11.4 Å². The number of nitrogens with zero attached hydrogens (tertiary/aromatic N) is 3. The highest BCUT2D eigenvalue weighted by atomic mass is 15.4. The molecule has 2 heterocycles. The molecular weight excluding hydrogens is 414 g/mol. The Balaban J connectivity index is 1.43. The maximum Gasteiger partial charge on any atom is 0.100 e. The van der Waals surface area contributed by atoms with Crippen LogP contribution >= 0.6 is 0 Å². The highest BCUT2D eigenvalue weighted by Crippen LogP contribution is 2.45. The number of para-hydroxylation sites is 5. The van der Waals surface area contributed by atoms with Gasteiger partial charge in [0.2, 0.25) is 0 Å². The Morgan fingerprint density at radius 3 is 1.71 bits per heavy atom. The minimum Gasteiger partial charge on any atom is -0.321 e. The van der Waals surface area contributed by atoms with Gasteiger partial charge < -0.3 is 14.4 Å². The Kier molecular flexibility index (Phi) is 4.21. The van der Waals surface area contributed by atoms with E-state index in [2.05, 4.69) is 142 Å². The Hall–Kier alpha value is -4.50. The van der Waals surface area contributed by atoms with Crippen LogP contribution in [-0.2, 0) is 0 Å². The first-order chi connectivity index (χ1) is 16.9. The molecule has 1 aromatic heterocycles. The van der Waals surface area contributed by atoms with Gasteiger partial charge in [-0.25, -0.2) is 0 Å². The van der Waals surface area contributed by atoms with Crippen molar-refractivity contribution >= 4 is 44.6 Å². The standard InChI is InChI=1S/C31H23N3/c1-3-11-23(12-4-1)32-22-33(30-18-10-9-17-29(30)32)25-19-20-27-26-15-7-8-16-28(26)34(31(27)21-25)24-13-5-2-6-14-24/h1-21H,22H2. The van der Waals surface area contributed by atoms with Crippen molar-refractivity contribution in [2.45, 2.75) is 0 Å². The fourth-order valence-electron chi connectivity index (χ4n) is 5.25. The number of rotatable bonds is 3. The van der Waals surface area contributed by atoms with Crippen LogP contribution in [-0.4, -0.2) is 11.2 Å². The molecule has 7 rings (SSSR count). The van der Waals surface area contributed by atoms with Gasteiger partial charge in [0.1, 0.15) is 6.67 Å². The maximum absolute atomic E-state index is 2.41. The van der Waals surface area contributed by atoms with Gasteiger partial charge in [-0.15, -0.1) is 0 Å². The van der Waals surface area contributed by atoms with Crippen LogP contribution in [0.15, 0.2) is 127 Å². The Morgan fingerprint density at radius 2 is 0.971 bits per heavy atom. The van der Waals surface area contributed by atoms with Crippen molar-refractivity contribution < 1.29 is 0 Å². The van der Waals surface area contributed by atoms with Gasteiger partial charge in [-0.3, -0.25) is 0 Å². The molecule has 0 aliphatic carbocycles. The lowest BCUT2D eigenvalue weighted by Gasteiger charge is -2.22. The van der Waals surface area contributed by atoms with Crippen molar-refractivity contribution in [1.29, 1.82) is 0 Å². The summed E-state index contributed by atoms with van der Waals surface area (Å²) in [6, 6.07) is 45.5. The third kappa shape index (κ3) is 2.84. The van der Waals surface area contributed by atoms with E-state index >= 15 is 0 Å². The lowest BCUT2D eigenvalue weighted by atomic mass is 10.1. The van der Waals surface area contributed by atoms with E-state index in [1.807, 2.05) is 0 Å². The van der Waals surface area contributed by atoms with Crippen LogP contribution in [0.1, 0.15) is 0 Å². The molecule has 0 bridgehead atoms. The summed E-state index contributed by atoms with van der Waals surface area (Å²) in [5.41, 5.74) is 8.49. The summed E-state index contributed by atoms with van der Waals surface area (Å²) in [6.45, 7) is 0.778. The third-order valence-corrected chi connectivity index (χ3v) is 6.80. The lowest BCUT2D eigenvalue weighted by Crippen LogP contribution is -2.23. The van der Waals surface area contributed by atoms with Crippen molar-refractivity contribution in [3.8, 4) is 5.69 Å². The van der Waals surface area contributed by atoms with Gasteiger partial charge in [0.05, 0.1) is 22.4 Å². The predicted molar refractivity (Wildman–Crippen MR) is 143 cm³/mol. The maximum atomic E-state index is 2.41.